The van der Waals surface area contributed by atoms with Crippen molar-refractivity contribution in [3.63, 3.8) is 0 Å². The first-order valence-corrected chi connectivity index (χ1v) is 4.06. The molecule has 0 atom stereocenters. The van der Waals surface area contributed by atoms with Crippen LogP contribution in [0.5, 0.6) is 0 Å². The van der Waals surface area contributed by atoms with Crippen LogP contribution in [0.4, 0.5) is 0 Å². The summed E-state index contributed by atoms with van der Waals surface area (Å²) in [5.41, 5.74) is 0. The first kappa shape index (κ1) is 10.3. The number of unbranched alkanes of at least 4 members (excludes halogenated alkanes) is 2. The summed E-state index contributed by atoms with van der Waals surface area (Å²) in [5.74, 6) is 5.97. The minimum atomic E-state index is 0.537. The van der Waals surface area contributed by atoms with Crippen molar-refractivity contribution in [1.29, 1.82) is 0 Å². The molecule has 0 radical (unpaired) electrons. The Labute approximate surface area is 69.4 Å². The van der Waals surface area contributed by atoms with Crippen LogP contribution in [0.3, 0.4) is 0 Å². The molecule has 0 heterocycles. The van der Waals surface area contributed by atoms with Gasteiger partial charge in [0.15, 0.2) is 0 Å². The molecule has 1 heteroatoms. The van der Waals surface area contributed by atoms with E-state index in [1.165, 1.54) is 12.8 Å². The van der Waals surface area contributed by atoms with Gasteiger partial charge in [0.25, 0.3) is 0 Å². The van der Waals surface area contributed by atoms with E-state index < -0.39 is 0 Å². The Bertz CT molecular complexity index is 139. The van der Waals surface area contributed by atoms with Crippen molar-refractivity contribution in [2.45, 2.75) is 26.2 Å². The number of ether oxygens (including phenoxy) is 1. The zero-order valence-corrected chi connectivity index (χ0v) is 7.23. The van der Waals surface area contributed by atoms with Crippen LogP contribution in [0, 0.1) is 11.8 Å². The molecule has 0 fully saturated rings. The number of hydrogen-bond donors (Lipinski definition) is 0. The second-order valence-electron chi connectivity index (χ2n) is 2.26. The third kappa shape index (κ3) is 9.26. The molecular weight excluding hydrogens is 136 g/mol. The van der Waals surface area contributed by atoms with Gasteiger partial charge in [-0.3, -0.25) is 0 Å². The van der Waals surface area contributed by atoms with Gasteiger partial charge in [0.05, 0.1) is 6.61 Å². The number of rotatable bonds is 5. The van der Waals surface area contributed by atoms with E-state index in [9.17, 15) is 0 Å². The second-order valence-corrected chi connectivity index (χ2v) is 2.26. The Balaban J connectivity index is 3.05. The van der Waals surface area contributed by atoms with Crippen LogP contribution in [0.2, 0.25) is 0 Å². The Morgan fingerprint density at radius 3 is 2.91 bits per heavy atom. The van der Waals surface area contributed by atoms with Crippen molar-refractivity contribution in [1.82, 2.24) is 0 Å². The standard InChI is InChI=1S/C10H16O/c1-3-5-6-7-8-10-11-9-4-2/h4H,2-3,5-6,9-10H2,1H3. The van der Waals surface area contributed by atoms with Crippen LogP contribution in [0.1, 0.15) is 26.2 Å². The van der Waals surface area contributed by atoms with Crippen LogP contribution in [0.15, 0.2) is 12.7 Å². The molecule has 0 aromatic heterocycles. The third-order valence-electron chi connectivity index (χ3n) is 1.19. The van der Waals surface area contributed by atoms with Crippen molar-refractivity contribution in [2.75, 3.05) is 13.2 Å². The van der Waals surface area contributed by atoms with Gasteiger partial charge >= 0.3 is 0 Å². The first-order valence-electron chi connectivity index (χ1n) is 4.06. The molecule has 0 saturated heterocycles. The Morgan fingerprint density at radius 2 is 2.27 bits per heavy atom. The lowest BCUT2D eigenvalue weighted by atomic mass is 10.2. The van der Waals surface area contributed by atoms with Crippen LogP contribution < -0.4 is 0 Å². The van der Waals surface area contributed by atoms with Crippen molar-refractivity contribution in [2.24, 2.45) is 0 Å². The highest BCUT2D eigenvalue weighted by Gasteiger charge is 1.77. The molecule has 1 nitrogen and oxygen atoms in total. The van der Waals surface area contributed by atoms with Crippen LogP contribution in [-0.4, -0.2) is 13.2 Å². The van der Waals surface area contributed by atoms with Crippen molar-refractivity contribution in [3.05, 3.63) is 12.7 Å². The largest absolute Gasteiger partial charge is 0.365 e. The van der Waals surface area contributed by atoms with E-state index in [4.69, 9.17) is 4.74 Å². The summed E-state index contributed by atoms with van der Waals surface area (Å²) in [7, 11) is 0. The topological polar surface area (TPSA) is 9.23 Å². The fraction of sp³-hybridized carbons (Fsp3) is 0.600. The van der Waals surface area contributed by atoms with E-state index >= 15 is 0 Å². The van der Waals surface area contributed by atoms with E-state index in [0.29, 0.717) is 13.2 Å². The zero-order chi connectivity index (χ0) is 8.36. The molecule has 0 unspecified atom stereocenters. The van der Waals surface area contributed by atoms with E-state index in [2.05, 4.69) is 25.3 Å². The summed E-state index contributed by atoms with van der Waals surface area (Å²) in [5, 5.41) is 0. The highest BCUT2D eigenvalue weighted by Crippen LogP contribution is 1.89. The predicted molar refractivity (Wildman–Crippen MR) is 48.3 cm³/mol. The molecule has 0 saturated carbocycles. The normalized spacial score (nSPS) is 8.45. The lowest BCUT2D eigenvalue weighted by Crippen LogP contribution is -1.89. The Hall–Kier alpha value is -0.740. The molecule has 0 aliphatic rings. The predicted octanol–water partition coefficient (Wildman–Crippen LogP) is 2.38. The number of hydrogen-bond acceptors (Lipinski definition) is 1. The van der Waals surface area contributed by atoms with E-state index in [-0.39, 0.29) is 0 Å². The van der Waals surface area contributed by atoms with Gasteiger partial charge in [-0.2, -0.15) is 0 Å². The van der Waals surface area contributed by atoms with Gasteiger partial charge in [0, 0.05) is 6.42 Å². The third-order valence-corrected chi connectivity index (χ3v) is 1.19. The van der Waals surface area contributed by atoms with E-state index in [1.54, 1.807) is 6.08 Å². The maximum Gasteiger partial charge on any atom is 0.108 e. The maximum atomic E-state index is 5.07. The molecule has 0 rings (SSSR count). The molecule has 0 aromatic carbocycles. The zero-order valence-electron chi connectivity index (χ0n) is 7.23. The average molecular weight is 152 g/mol. The molecule has 0 bridgehead atoms. The molecule has 0 spiro atoms. The van der Waals surface area contributed by atoms with Crippen molar-refractivity contribution < 1.29 is 4.74 Å². The summed E-state index contributed by atoms with van der Waals surface area (Å²) in [6, 6.07) is 0. The molecule has 0 N–H and O–H groups in total. The summed E-state index contributed by atoms with van der Waals surface area (Å²) in [6.45, 7) is 6.83. The molecule has 0 aromatic rings. The molecule has 11 heavy (non-hydrogen) atoms. The van der Waals surface area contributed by atoms with Gasteiger partial charge in [0.2, 0.25) is 0 Å². The fourth-order valence-electron chi connectivity index (χ4n) is 0.598. The summed E-state index contributed by atoms with van der Waals surface area (Å²) in [6.07, 6.45) is 5.12. The van der Waals surface area contributed by atoms with Gasteiger partial charge < -0.3 is 4.74 Å². The summed E-state index contributed by atoms with van der Waals surface area (Å²) >= 11 is 0. The monoisotopic (exact) mass is 152 g/mol. The second kappa shape index (κ2) is 9.26. The smallest absolute Gasteiger partial charge is 0.108 e. The van der Waals surface area contributed by atoms with Crippen molar-refractivity contribution in [3.8, 4) is 11.8 Å². The average Bonchev–Trinajstić information content (AvgIpc) is 2.03. The minimum absolute atomic E-state index is 0.537. The molecule has 0 amide bonds. The van der Waals surface area contributed by atoms with E-state index in [0.717, 1.165) is 6.42 Å². The van der Waals surface area contributed by atoms with Crippen LogP contribution in [-0.2, 0) is 4.74 Å². The van der Waals surface area contributed by atoms with Gasteiger partial charge in [-0.05, 0) is 6.42 Å². The van der Waals surface area contributed by atoms with Gasteiger partial charge in [0.1, 0.15) is 6.61 Å². The quantitative estimate of drug-likeness (QED) is 0.334. The summed E-state index contributed by atoms with van der Waals surface area (Å²) in [4.78, 5) is 0. The molecule has 62 valence electrons. The maximum absolute atomic E-state index is 5.07. The lowest BCUT2D eigenvalue weighted by molar-refractivity contribution is 0.199. The van der Waals surface area contributed by atoms with Gasteiger partial charge in [-0.25, -0.2) is 0 Å². The van der Waals surface area contributed by atoms with E-state index in [1.807, 2.05) is 0 Å². The SMILES string of the molecule is C=CCOCC#CCCCC. The molecular formula is C10H16O. The van der Waals surface area contributed by atoms with Gasteiger partial charge in [-0.1, -0.05) is 25.3 Å². The minimum Gasteiger partial charge on any atom is -0.365 e. The molecule has 0 aliphatic heterocycles. The molecule has 0 aliphatic carbocycles. The Kier molecular flexibility index (Phi) is 8.64. The van der Waals surface area contributed by atoms with Crippen LogP contribution in [0.25, 0.3) is 0 Å². The first-order chi connectivity index (χ1) is 5.41. The lowest BCUT2D eigenvalue weighted by Gasteiger charge is -1.90. The van der Waals surface area contributed by atoms with Crippen molar-refractivity contribution >= 4 is 0 Å². The Morgan fingerprint density at radius 1 is 1.45 bits per heavy atom. The highest BCUT2D eigenvalue weighted by atomic mass is 16.5. The fourth-order valence-corrected chi connectivity index (χ4v) is 0.598. The van der Waals surface area contributed by atoms with Gasteiger partial charge in [-0.15, -0.1) is 12.5 Å². The highest BCUT2D eigenvalue weighted by molar-refractivity contribution is 4.98. The van der Waals surface area contributed by atoms with Crippen LogP contribution >= 0.6 is 0 Å². The summed E-state index contributed by atoms with van der Waals surface area (Å²) < 4.78 is 5.07.